The fourth-order valence-electron chi connectivity index (χ4n) is 6.19. The first-order valence-electron chi connectivity index (χ1n) is 16.5. The lowest BCUT2D eigenvalue weighted by Crippen LogP contribution is -2.43. The highest BCUT2D eigenvalue weighted by Gasteiger charge is 2.28. The van der Waals surface area contributed by atoms with E-state index < -0.39 is 11.9 Å². The number of ether oxygens (including phenoxy) is 1. The third-order valence-electron chi connectivity index (χ3n) is 9.22. The topological polar surface area (TPSA) is 130 Å². The highest BCUT2D eigenvalue weighted by atomic mass is 35.5. The van der Waals surface area contributed by atoms with Crippen molar-refractivity contribution in [2.45, 2.75) is 77.0 Å². The molecule has 1 aliphatic carbocycles. The van der Waals surface area contributed by atoms with Crippen molar-refractivity contribution in [1.82, 2.24) is 10.6 Å². The number of nitrogens with zero attached hydrogens (tertiary/aromatic N) is 1. The second kappa shape index (κ2) is 16.1. The highest BCUT2D eigenvalue weighted by Crippen LogP contribution is 2.36. The molecule has 2 atom stereocenters. The number of nitrogens with one attached hydrogen (secondary N) is 2. The van der Waals surface area contributed by atoms with Crippen molar-refractivity contribution < 1.29 is 18.7 Å². The molecular formula is C39H43ClN4O4. The van der Waals surface area contributed by atoms with Crippen molar-refractivity contribution >= 4 is 23.3 Å². The zero-order valence-corrected chi connectivity index (χ0v) is 28.5. The van der Waals surface area contributed by atoms with Gasteiger partial charge in [0.1, 0.15) is 17.3 Å². The van der Waals surface area contributed by atoms with Gasteiger partial charge in [0.05, 0.1) is 47.5 Å². The quantitative estimate of drug-likeness (QED) is 0.135. The minimum Gasteiger partial charge on any atom is -0.496 e. The summed E-state index contributed by atoms with van der Waals surface area (Å²) < 4.78 is 11.8. The van der Waals surface area contributed by atoms with Crippen LogP contribution >= 0.6 is 11.6 Å². The lowest BCUT2D eigenvalue weighted by Gasteiger charge is -2.27. The summed E-state index contributed by atoms with van der Waals surface area (Å²) in [5.74, 6) is 1.43. The van der Waals surface area contributed by atoms with E-state index in [1.165, 1.54) is 18.2 Å². The van der Waals surface area contributed by atoms with Gasteiger partial charge >= 0.3 is 0 Å². The number of hydrogen-bond donors (Lipinski definition) is 3. The number of Topliss-reactive ketones (excluding diaryl/α,β-unsaturated/α-hetero) is 1. The molecule has 0 bridgehead atoms. The number of ketones is 1. The molecule has 0 unspecified atom stereocenters. The van der Waals surface area contributed by atoms with Gasteiger partial charge in [-0.15, -0.1) is 0 Å². The van der Waals surface area contributed by atoms with Crippen LogP contribution in [0.25, 0.3) is 11.3 Å². The molecule has 0 radical (unpaired) electrons. The fourth-order valence-corrected chi connectivity index (χ4v) is 6.43. The van der Waals surface area contributed by atoms with E-state index in [0.29, 0.717) is 42.0 Å². The predicted octanol–water partition coefficient (Wildman–Crippen LogP) is 7.46. The molecule has 5 rings (SSSR count). The van der Waals surface area contributed by atoms with Gasteiger partial charge in [0.15, 0.2) is 5.78 Å². The molecule has 1 aromatic heterocycles. The number of carbonyl (C=O) groups excluding carboxylic acids is 2. The number of nitrogens with two attached hydrogens (primary N) is 1. The molecule has 0 aliphatic heterocycles. The molecule has 4 aromatic rings. The number of hydrogen-bond acceptors (Lipinski definition) is 7. The molecular weight excluding hydrogens is 624 g/mol. The normalized spacial score (nSPS) is 17.2. The van der Waals surface area contributed by atoms with Crippen LogP contribution in [0.1, 0.15) is 83.4 Å². The molecule has 1 amide bonds. The number of aryl methyl sites for hydroxylation is 1. The maximum absolute atomic E-state index is 13.8. The molecule has 8 nitrogen and oxygen atoms in total. The molecule has 0 spiro atoms. The van der Waals surface area contributed by atoms with Crippen LogP contribution in [0.4, 0.5) is 0 Å². The van der Waals surface area contributed by atoms with E-state index in [9.17, 15) is 14.9 Å². The zero-order chi connectivity index (χ0) is 34.2. The van der Waals surface area contributed by atoms with Gasteiger partial charge in [0.25, 0.3) is 5.91 Å². The smallest absolute Gasteiger partial charge is 0.253 e. The number of nitriles is 1. The van der Waals surface area contributed by atoms with Gasteiger partial charge in [-0.2, -0.15) is 5.26 Å². The van der Waals surface area contributed by atoms with Crippen molar-refractivity contribution in [1.29, 1.82) is 5.26 Å². The molecule has 1 aliphatic rings. The van der Waals surface area contributed by atoms with E-state index in [1.807, 2.05) is 24.3 Å². The Balaban J connectivity index is 1.34. The Bertz CT molecular complexity index is 1750. The maximum atomic E-state index is 13.8. The Morgan fingerprint density at radius 2 is 1.75 bits per heavy atom. The number of benzene rings is 3. The fraction of sp³-hybridized carbons (Fsp3) is 0.359. The summed E-state index contributed by atoms with van der Waals surface area (Å²) in [7, 11) is 1.54. The number of carbonyl (C=O) groups is 2. The lowest BCUT2D eigenvalue weighted by atomic mass is 9.82. The third-order valence-corrected chi connectivity index (χ3v) is 9.53. The monoisotopic (exact) mass is 666 g/mol. The van der Waals surface area contributed by atoms with E-state index in [2.05, 4.69) is 54.8 Å². The van der Waals surface area contributed by atoms with Gasteiger partial charge in [0, 0.05) is 24.6 Å². The number of halogens is 1. The number of methoxy groups -OCH3 is 1. The van der Waals surface area contributed by atoms with Crippen molar-refractivity contribution in [3.05, 3.63) is 111 Å². The second-order valence-electron chi connectivity index (χ2n) is 12.8. The van der Waals surface area contributed by atoms with Crippen LogP contribution in [0, 0.1) is 24.2 Å². The second-order valence-corrected chi connectivity index (χ2v) is 13.2. The van der Waals surface area contributed by atoms with Crippen LogP contribution in [-0.2, 0) is 17.8 Å². The largest absolute Gasteiger partial charge is 0.496 e. The SMILES string of the molecule is COc1cc(Cl)c(C(=O)N[C@H](Cc2ccc(C#N)cc2)C(=O)CC2CCC(N)CC2)cc1-c1ccc(CN[C@H](C)c2ccc(C)cc2)o1. The molecule has 1 fully saturated rings. The van der Waals surface area contributed by atoms with Crippen molar-refractivity contribution in [3.63, 3.8) is 0 Å². The van der Waals surface area contributed by atoms with Gasteiger partial charge in [-0.05, 0) is 93.3 Å². The predicted molar refractivity (Wildman–Crippen MR) is 188 cm³/mol. The minimum atomic E-state index is -0.778. The van der Waals surface area contributed by atoms with Crippen LogP contribution in [0.2, 0.25) is 5.02 Å². The molecule has 1 saturated carbocycles. The Morgan fingerprint density at radius 3 is 2.42 bits per heavy atom. The lowest BCUT2D eigenvalue weighted by molar-refractivity contribution is -0.122. The summed E-state index contributed by atoms with van der Waals surface area (Å²) in [6, 6.07) is 24.1. The molecule has 9 heteroatoms. The molecule has 4 N–H and O–H groups in total. The number of rotatable bonds is 13. The summed E-state index contributed by atoms with van der Waals surface area (Å²) >= 11 is 6.64. The maximum Gasteiger partial charge on any atom is 0.253 e. The van der Waals surface area contributed by atoms with Crippen molar-refractivity contribution in [3.8, 4) is 23.1 Å². The molecule has 1 heterocycles. The summed E-state index contributed by atoms with van der Waals surface area (Å²) in [4.78, 5) is 27.5. The molecule has 3 aromatic carbocycles. The van der Waals surface area contributed by atoms with Crippen LogP contribution in [0.5, 0.6) is 5.75 Å². The van der Waals surface area contributed by atoms with Crippen molar-refractivity contribution in [2.75, 3.05) is 7.11 Å². The zero-order valence-electron chi connectivity index (χ0n) is 27.7. The Morgan fingerprint density at radius 1 is 1.04 bits per heavy atom. The first-order valence-corrected chi connectivity index (χ1v) is 16.9. The molecule has 48 heavy (non-hydrogen) atoms. The standard InChI is InChI=1S/C39H43ClN4O4/c1-24-4-12-29(13-5-24)25(2)43-23-31-16-17-37(48-31)33-20-32(34(40)21-38(33)47-3)39(46)44-35(18-26-6-8-28(22-41)9-7-26)36(45)19-27-10-14-30(42)15-11-27/h4-9,12-13,16-17,20-21,25,27,30,35,43H,10-11,14-15,18-19,23,42H2,1-3H3,(H,44,46)/t25-,27?,30?,35-/m1/s1. The average molecular weight is 667 g/mol. The van der Waals surface area contributed by atoms with E-state index in [0.717, 1.165) is 37.0 Å². The van der Waals surface area contributed by atoms with Crippen LogP contribution in [0.3, 0.4) is 0 Å². The van der Waals surface area contributed by atoms with Crippen LogP contribution < -0.4 is 21.1 Å². The summed E-state index contributed by atoms with van der Waals surface area (Å²) in [6.45, 7) is 4.67. The summed E-state index contributed by atoms with van der Waals surface area (Å²) in [5, 5.41) is 15.9. The third kappa shape index (κ3) is 8.93. The van der Waals surface area contributed by atoms with E-state index >= 15 is 0 Å². The minimum absolute atomic E-state index is 0.0407. The molecule has 250 valence electrons. The van der Waals surface area contributed by atoms with E-state index in [-0.39, 0.29) is 34.4 Å². The first-order chi connectivity index (χ1) is 23.1. The Kier molecular flexibility index (Phi) is 11.7. The summed E-state index contributed by atoms with van der Waals surface area (Å²) in [6.07, 6.45) is 4.23. The van der Waals surface area contributed by atoms with Gasteiger partial charge in [-0.3, -0.25) is 9.59 Å². The van der Waals surface area contributed by atoms with Crippen LogP contribution in [-0.4, -0.2) is 30.9 Å². The van der Waals surface area contributed by atoms with Gasteiger partial charge in [0.2, 0.25) is 0 Å². The van der Waals surface area contributed by atoms with Crippen LogP contribution in [0.15, 0.2) is 77.2 Å². The Labute approximate surface area is 287 Å². The van der Waals surface area contributed by atoms with Gasteiger partial charge in [-0.1, -0.05) is 53.6 Å². The van der Waals surface area contributed by atoms with Crippen molar-refractivity contribution in [2.24, 2.45) is 11.7 Å². The first kappa shape index (κ1) is 34.9. The average Bonchev–Trinajstić information content (AvgIpc) is 3.57. The highest BCUT2D eigenvalue weighted by molar-refractivity contribution is 6.34. The molecule has 0 saturated heterocycles. The Hall–Kier alpha value is -4.42. The number of amides is 1. The van der Waals surface area contributed by atoms with E-state index in [1.54, 1.807) is 24.3 Å². The number of furan rings is 1. The van der Waals surface area contributed by atoms with E-state index in [4.69, 9.17) is 26.5 Å². The summed E-state index contributed by atoms with van der Waals surface area (Å²) in [5.41, 5.74) is 10.6. The van der Waals surface area contributed by atoms with Gasteiger partial charge in [-0.25, -0.2) is 0 Å². The van der Waals surface area contributed by atoms with Gasteiger partial charge < -0.3 is 25.5 Å².